The first-order valence-electron chi connectivity index (χ1n) is 8.63. The van der Waals surface area contributed by atoms with Crippen LogP contribution in [0, 0.1) is 6.92 Å². The Hall–Kier alpha value is -2.42. The average Bonchev–Trinajstić information content (AvgIpc) is 3.28. The van der Waals surface area contributed by atoms with Gasteiger partial charge in [-0.15, -0.1) is 11.3 Å². The second kappa shape index (κ2) is 7.12. The van der Waals surface area contributed by atoms with Crippen molar-refractivity contribution in [2.75, 3.05) is 5.01 Å². The van der Waals surface area contributed by atoms with Crippen LogP contribution in [0.4, 0.5) is 18.3 Å². The van der Waals surface area contributed by atoms with Crippen molar-refractivity contribution in [1.82, 2.24) is 4.98 Å². The van der Waals surface area contributed by atoms with E-state index in [1.807, 2.05) is 6.92 Å². The monoisotopic (exact) mass is 437 g/mol. The molecule has 0 spiro atoms. The molecule has 2 aromatic carbocycles. The largest absolute Gasteiger partial charge is 0.438 e. The Kier molecular flexibility index (Phi) is 4.88. The molecule has 9 heteroatoms. The molecule has 2 heterocycles. The standard InChI is InChI=1S/C20H15ClF3N3OS/c1-12-2-4-13(5-3-12)16-10-19(28,20(22,23)24)27(26-16)18-25-17(11-29-18)14-6-8-15(21)9-7-14/h2-9,11,28H,10H2,1H3/t19-/m0/s1. The zero-order valence-corrected chi connectivity index (χ0v) is 16.7. The molecule has 0 bridgehead atoms. The summed E-state index contributed by atoms with van der Waals surface area (Å²) in [4.78, 5) is 4.28. The lowest BCUT2D eigenvalue weighted by atomic mass is 10.0. The molecule has 4 rings (SSSR count). The summed E-state index contributed by atoms with van der Waals surface area (Å²) in [5.74, 6) is 0. The molecule has 1 aromatic heterocycles. The third kappa shape index (κ3) is 3.63. The van der Waals surface area contributed by atoms with Crippen LogP contribution in [0.5, 0.6) is 0 Å². The molecule has 3 aromatic rings. The van der Waals surface area contributed by atoms with E-state index in [4.69, 9.17) is 11.6 Å². The van der Waals surface area contributed by atoms with E-state index in [1.165, 1.54) is 0 Å². The van der Waals surface area contributed by atoms with Gasteiger partial charge >= 0.3 is 6.18 Å². The van der Waals surface area contributed by atoms with Gasteiger partial charge in [0, 0.05) is 16.0 Å². The van der Waals surface area contributed by atoms with Crippen molar-refractivity contribution < 1.29 is 18.3 Å². The first-order valence-corrected chi connectivity index (χ1v) is 9.88. The van der Waals surface area contributed by atoms with Gasteiger partial charge in [-0.3, -0.25) is 0 Å². The number of rotatable bonds is 3. The van der Waals surface area contributed by atoms with Gasteiger partial charge in [-0.2, -0.15) is 23.3 Å². The molecule has 4 nitrogen and oxygen atoms in total. The fourth-order valence-corrected chi connectivity index (χ4v) is 3.96. The van der Waals surface area contributed by atoms with Gasteiger partial charge < -0.3 is 5.11 Å². The van der Waals surface area contributed by atoms with Gasteiger partial charge in [0.25, 0.3) is 5.72 Å². The summed E-state index contributed by atoms with van der Waals surface area (Å²) < 4.78 is 41.4. The maximum atomic E-state index is 13.8. The van der Waals surface area contributed by atoms with Crippen molar-refractivity contribution in [2.24, 2.45) is 5.10 Å². The van der Waals surface area contributed by atoms with Gasteiger partial charge in [0.2, 0.25) is 5.13 Å². The van der Waals surface area contributed by atoms with Crippen LogP contribution in [0.1, 0.15) is 17.5 Å². The number of thiazole rings is 1. The van der Waals surface area contributed by atoms with Gasteiger partial charge in [-0.25, -0.2) is 4.98 Å². The van der Waals surface area contributed by atoms with Crippen molar-refractivity contribution >= 4 is 33.8 Å². The number of anilines is 1. The number of alkyl halides is 3. The minimum Gasteiger partial charge on any atom is -0.362 e. The van der Waals surface area contributed by atoms with Crippen LogP contribution in [0.3, 0.4) is 0 Å². The van der Waals surface area contributed by atoms with E-state index in [2.05, 4.69) is 10.1 Å². The van der Waals surface area contributed by atoms with E-state index in [0.29, 0.717) is 26.9 Å². The van der Waals surface area contributed by atoms with E-state index < -0.39 is 18.3 Å². The maximum Gasteiger partial charge on any atom is 0.438 e. The van der Waals surface area contributed by atoms with Crippen LogP contribution < -0.4 is 5.01 Å². The molecule has 1 N–H and O–H groups in total. The summed E-state index contributed by atoms with van der Waals surface area (Å²) in [7, 11) is 0. The second-order valence-electron chi connectivity index (χ2n) is 6.74. The van der Waals surface area contributed by atoms with Crippen molar-refractivity contribution in [2.45, 2.75) is 25.2 Å². The lowest BCUT2D eigenvalue weighted by Crippen LogP contribution is -2.55. The number of aromatic nitrogens is 1. The maximum absolute atomic E-state index is 13.8. The Balaban J connectivity index is 1.74. The van der Waals surface area contributed by atoms with E-state index in [0.717, 1.165) is 16.9 Å². The highest BCUT2D eigenvalue weighted by molar-refractivity contribution is 7.14. The number of hydrogen-bond donors (Lipinski definition) is 1. The van der Waals surface area contributed by atoms with E-state index >= 15 is 0 Å². The summed E-state index contributed by atoms with van der Waals surface area (Å²) in [5, 5.41) is 17.4. The lowest BCUT2D eigenvalue weighted by molar-refractivity contribution is -0.254. The van der Waals surface area contributed by atoms with Crippen LogP contribution in [0.25, 0.3) is 11.3 Å². The Morgan fingerprint density at radius 2 is 1.69 bits per heavy atom. The van der Waals surface area contributed by atoms with Gasteiger partial charge in [0.15, 0.2) is 0 Å². The Bertz CT molecular complexity index is 1060. The third-order valence-electron chi connectivity index (χ3n) is 4.64. The average molecular weight is 438 g/mol. The molecule has 150 valence electrons. The molecule has 29 heavy (non-hydrogen) atoms. The highest BCUT2D eigenvalue weighted by atomic mass is 35.5. The van der Waals surface area contributed by atoms with Gasteiger partial charge in [-0.05, 0) is 24.6 Å². The van der Waals surface area contributed by atoms with Crippen molar-refractivity contribution in [3.8, 4) is 11.3 Å². The van der Waals surface area contributed by atoms with Gasteiger partial charge in [0.1, 0.15) is 0 Å². The lowest BCUT2D eigenvalue weighted by Gasteiger charge is -2.32. The van der Waals surface area contributed by atoms with Crippen molar-refractivity contribution in [3.63, 3.8) is 0 Å². The van der Waals surface area contributed by atoms with Crippen molar-refractivity contribution in [1.29, 1.82) is 0 Å². The number of aliphatic hydroxyl groups is 1. The molecule has 0 saturated heterocycles. The number of halogens is 4. The topological polar surface area (TPSA) is 48.7 Å². The fourth-order valence-electron chi connectivity index (χ4n) is 2.99. The normalized spacial score (nSPS) is 19.5. The second-order valence-corrected chi connectivity index (χ2v) is 8.01. The fraction of sp³-hybridized carbons (Fsp3) is 0.200. The van der Waals surface area contributed by atoms with Crippen LogP contribution in [0.2, 0.25) is 5.02 Å². The number of hydrazone groups is 1. The molecule has 0 amide bonds. The number of nitrogens with zero attached hydrogens (tertiary/aromatic N) is 3. The van der Waals surface area contributed by atoms with Crippen LogP contribution in [-0.4, -0.2) is 27.7 Å². The van der Waals surface area contributed by atoms with Gasteiger partial charge in [-0.1, -0.05) is 53.6 Å². The highest BCUT2D eigenvalue weighted by Crippen LogP contribution is 2.45. The molecule has 1 aliphatic rings. The quantitative estimate of drug-likeness (QED) is 0.577. The third-order valence-corrected chi connectivity index (χ3v) is 5.71. The molecular weight excluding hydrogens is 423 g/mol. The molecule has 0 aliphatic carbocycles. The van der Waals surface area contributed by atoms with E-state index in [9.17, 15) is 18.3 Å². The SMILES string of the molecule is Cc1ccc(C2=NN(c3nc(-c4ccc(Cl)cc4)cs3)[C@@](O)(C(F)(F)F)C2)cc1. The Morgan fingerprint density at radius 3 is 2.31 bits per heavy atom. The van der Waals surface area contributed by atoms with Crippen molar-refractivity contribution in [3.05, 3.63) is 70.1 Å². The minimum atomic E-state index is -4.92. The number of benzene rings is 2. The first-order chi connectivity index (χ1) is 13.7. The number of hydrogen-bond acceptors (Lipinski definition) is 5. The Morgan fingerprint density at radius 1 is 1.07 bits per heavy atom. The predicted molar refractivity (Wildman–Crippen MR) is 108 cm³/mol. The van der Waals surface area contributed by atoms with Gasteiger partial charge in [0.05, 0.1) is 17.8 Å². The molecule has 0 saturated carbocycles. The molecular formula is C20H15ClF3N3OS. The van der Waals surface area contributed by atoms with Crippen LogP contribution in [0.15, 0.2) is 59.0 Å². The summed E-state index contributed by atoms with van der Waals surface area (Å²) in [6, 6.07) is 13.7. The molecule has 0 fully saturated rings. The summed E-state index contributed by atoms with van der Waals surface area (Å²) >= 11 is 6.86. The summed E-state index contributed by atoms with van der Waals surface area (Å²) in [6.07, 6.45) is -5.61. The zero-order chi connectivity index (χ0) is 20.8. The van der Waals surface area contributed by atoms with Crippen LogP contribution >= 0.6 is 22.9 Å². The molecule has 1 atom stereocenters. The van der Waals surface area contributed by atoms with E-state index in [1.54, 1.807) is 53.9 Å². The zero-order valence-electron chi connectivity index (χ0n) is 15.1. The summed E-state index contributed by atoms with van der Waals surface area (Å²) in [6.45, 7) is 1.88. The minimum absolute atomic E-state index is 0.0445. The smallest absolute Gasteiger partial charge is 0.362 e. The van der Waals surface area contributed by atoms with Crippen LogP contribution in [-0.2, 0) is 0 Å². The molecule has 0 unspecified atom stereocenters. The summed E-state index contributed by atoms with van der Waals surface area (Å²) in [5.41, 5.74) is -0.340. The molecule has 1 aliphatic heterocycles. The predicted octanol–water partition coefficient (Wildman–Crippen LogP) is 5.64. The molecule has 0 radical (unpaired) electrons. The highest BCUT2D eigenvalue weighted by Gasteiger charge is 2.62. The first kappa shape index (κ1) is 19.9. The number of aryl methyl sites for hydroxylation is 1. The van der Waals surface area contributed by atoms with E-state index in [-0.39, 0.29) is 10.8 Å². The Labute approximate surface area is 173 Å².